The molecule has 0 atom stereocenters. The molecule has 7 nitrogen and oxygen atoms in total. The number of nitrogens with zero attached hydrogens (tertiary/aromatic N) is 3. The second-order valence-corrected chi connectivity index (χ2v) is 8.64. The third kappa shape index (κ3) is 3.99. The van der Waals surface area contributed by atoms with E-state index < -0.39 is 0 Å². The number of hydrogen-bond acceptors (Lipinski definition) is 8. The van der Waals surface area contributed by atoms with Gasteiger partial charge in [0, 0.05) is 17.7 Å². The van der Waals surface area contributed by atoms with Gasteiger partial charge < -0.3 is 10.5 Å². The molecule has 0 fully saturated rings. The number of ether oxygens (including phenoxy) is 1. The normalized spacial score (nSPS) is 14.5. The van der Waals surface area contributed by atoms with Crippen molar-refractivity contribution in [2.45, 2.75) is 44.3 Å². The lowest BCUT2D eigenvalue weighted by Gasteiger charge is -2.13. The van der Waals surface area contributed by atoms with Crippen LogP contribution in [0.4, 0.5) is 0 Å². The van der Waals surface area contributed by atoms with Gasteiger partial charge in [0.2, 0.25) is 0 Å². The Balaban J connectivity index is 2.01. The van der Waals surface area contributed by atoms with Gasteiger partial charge >= 0.3 is 0 Å². The van der Waals surface area contributed by atoms with E-state index in [4.69, 9.17) is 20.7 Å². The summed E-state index contributed by atoms with van der Waals surface area (Å²) < 4.78 is 6.73. The number of allylic oxidation sites excluding steroid dienone is 2. The Morgan fingerprint density at radius 3 is 2.86 bits per heavy atom. The van der Waals surface area contributed by atoms with Gasteiger partial charge in [-0.25, -0.2) is 4.98 Å². The van der Waals surface area contributed by atoms with Crippen molar-refractivity contribution >= 4 is 39.1 Å². The van der Waals surface area contributed by atoms with Crippen LogP contribution in [-0.4, -0.2) is 34.8 Å². The first-order valence-electron chi connectivity index (χ1n) is 9.04. The Kier molecular flexibility index (Phi) is 6.54. The van der Waals surface area contributed by atoms with Crippen molar-refractivity contribution in [2.75, 3.05) is 19.5 Å². The molecule has 0 aliphatic heterocycles. The summed E-state index contributed by atoms with van der Waals surface area (Å²) in [4.78, 5) is 32.2. The molecule has 148 valence electrons. The summed E-state index contributed by atoms with van der Waals surface area (Å²) in [5, 5.41) is 10.3. The summed E-state index contributed by atoms with van der Waals surface area (Å²) >= 11 is 2.73. The molecule has 0 unspecified atom stereocenters. The van der Waals surface area contributed by atoms with Gasteiger partial charge in [-0.3, -0.25) is 14.2 Å². The number of rotatable bonds is 7. The van der Waals surface area contributed by atoms with Crippen LogP contribution in [-0.2, 0) is 28.9 Å². The molecule has 0 aromatic carbocycles. The molecule has 9 heteroatoms. The number of carbonyl (C=O) groups excluding carboxylic acids is 1. The largest absolute Gasteiger partial charge is 0.401 e. The van der Waals surface area contributed by atoms with Crippen LogP contribution in [0, 0.1) is 11.3 Å². The predicted octanol–water partition coefficient (Wildman–Crippen LogP) is 2.40. The van der Waals surface area contributed by atoms with E-state index >= 15 is 0 Å². The summed E-state index contributed by atoms with van der Waals surface area (Å²) in [6, 6.07) is 1.85. The Morgan fingerprint density at radius 2 is 2.18 bits per heavy atom. The monoisotopic (exact) mass is 418 g/mol. The van der Waals surface area contributed by atoms with Crippen LogP contribution in [0.2, 0.25) is 0 Å². The molecule has 0 spiro atoms. The second-order valence-electron chi connectivity index (χ2n) is 6.62. The molecule has 0 bridgehead atoms. The van der Waals surface area contributed by atoms with E-state index in [-0.39, 0.29) is 28.4 Å². The summed E-state index contributed by atoms with van der Waals surface area (Å²) in [6.07, 6.45) is 4.12. The molecular formula is C19H22N4O3S2. The SMILES string of the molecule is COCCn1c(SCC(=O)C(C#N)=C(C)N)nc2sc3c(c2c1=O)CCCC3. The fraction of sp³-hybridized carbons (Fsp3) is 0.474. The number of aryl methyl sites for hydroxylation is 2. The number of thioether (sulfide) groups is 1. The maximum absolute atomic E-state index is 13.2. The summed E-state index contributed by atoms with van der Waals surface area (Å²) in [5.41, 5.74) is 6.81. The van der Waals surface area contributed by atoms with Crippen LogP contribution in [0.5, 0.6) is 0 Å². The number of nitrogens with two attached hydrogens (primary N) is 1. The number of methoxy groups -OCH3 is 1. The lowest BCUT2D eigenvalue weighted by Crippen LogP contribution is -2.26. The minimum Gasteiger partial charge on any atom is -0.401 e. The first kappa shape index (κ1) is 20.6. The highest BCUT2D eigenvalue weighted by atomic mass is 32.2. The highest BCUT2D eigenvalue weighted by molar-refractivity contribution is 7.99. The molecule has 28 heavy (non-hydrogen) atoms. The van der Waals surface area contributed by atoms with E-state index in [9.17, 15) is 9.59 Å². The Hall–Kier alpha value is -2.15. The summed E-state index contributed by atoms with van der Waals surface area (Å²) in [7, 11) is 1.58. The number of ketones is 1. The zero-order chi connectivity index (χ0) is 20.3. The van der Waals surface area contributed by atoms with Crippen LogP contribution < -0.4 is 11.3 Å². The van der Waals surface area contributed by atoms with Crippen molar-refractivity contribution in [3.63, 3.8) is 0 Å². The van der Waals surface area contributed by atoms with Crippen molar-refractivity contribution in [3.05, 3.63) is 32.1 Å². The fourth-order valence-corrected chi connectivity index (χ4v) is 5.48. The van der Waals surface area contributed by atoms with E-state index in [1.165, 1.54) is 11.8 Å². The number of nitriles is 1. The maximum Gasteiger partial charge on any atom is 0.263 e. The lowest BCUT2D eigenvalue weighted by atomic mass is 9.97. The van der Waals surface area contributed by atoms with Gasteiger partial charge in [-0.05, 0) is 38.2 Å². The molecule has 0 radical (unpaired) electrons. The molecule has 1 aliphatic rings. The molecule has 0 saturated carbocycles. The van der Waals surface area contributed by atoms with Crippen molar-refractivity contribution in [1.29, 1.82) is 5.26 Å². The molecule has 2 aromatic rings. The van der Waals surface area contributed by atoms with Gasteiger partial charge in [0.1, 0.15) is 16.5 Å². The third-order valence-electron chi connectivity index (χ3n) is 4.68. The zero-order valence-corrected chi connectivity index (χ0v) is 17.5. The maximum atomic E-state index is 13.2. The van der Waals surface area contributed by atoms with E-state index in [1.807, 2.05) is 6.07 Å². The molecule has 2 aromatic heterocycles. The van der Waals surface area contributed by atoms with Crippen molar-refractivity contribution < 1.29 is 9.53 Å². The average molecular weight is 419 g/mol. The van der Waals surface area contributed by atoms with Crippen LogP contribution >= 0.6 is 23.1 Å². The van der Waals surface area contributed by atoms with E-state index in [0.717, 1.165) is 47.8 Å². The molecule has 3 rings (SSSR count). The van der Waals surface area contributed by atoms with Crippen molar-refractivity contribution in [3.8, 4) is 6.07 Å². The molecule has 0 amide bonds. The van der Waals surface area contributed by atoms with Crippen molar-refractivity contribution in [2.24, 2.45) is 5.73 Å². The number of carbonyl (C=O) groups is 1. The minimum atomic E-state index is -0.370. The molecule has 2 N–H and O–H groups in total. The number of fused-ring (bicyclic) bond motifs is 3. The van der Waals surface area contributed by atoms with Crippen LogP contribution in [0.1, 0.15) is 30.2 Å². The average Bonchev–Trinajstić information content (AvgIpc) is 3.04. The van der Waals surface area contributed by atoms with Gasteiger partial charge in [-0.1, -0.05) is 11.8 Å². The number of aromatic nitrogens is 2. The lowest BCUT2D eigenvalue weighted by molar-refractivity contribution is -0.112. The van der Waals surface area contributed by atoms with Crippen LogP contribution in [0.25, 0.3) is 10.2 Å². The second kappa shape index (κ2) is 8.90. The quantitative estimate of drug-likeness (QED) is 0.318. The molecule has 0 saturated heterocycles. The number of hydrogen-bond donors (Lipinski definition) is 1. The van der Waals surface area contributed by atoms with Crippen LogP contribution in [0.15, 0.2) is 21.2 Å². The van der Waals surface area contributed by atoms with Gasteiger partial charge in [-0.15, -0.1) is 11.3 Å². The van der Waals surface area contributed by atoms with E-state index in [2.05, 4.69) is 0 Å². The molecule has 1 aliphatic carbocycles. The number of Topliss-reactive ketones (excluding diaryl/α,β-unsaturated/α-hetero) is 1. The first-order valence-corrected chi connectivity index (χ1v) is 10.8. The predicted molar refractivity (Wildman–Crippen MR) is 111 cm³/mol. The summed E-state index contributed by atoms with van der Waals surface area (Å²) in [6.45, 7) is 2.25. The molecular weight excluding hydrogens is 396 g/mol. The highest BCUT2D eigenvalue weighted by Gasteiger charge is 2.23. The minimum absolute atomic E-state index is 0.00650. The highest BCUT2D eigenvalue weighted by Crippen LogP contribution is 2.34. The van der Waals surface area contributed by atoms with Gasteiger partial charge in [-0.2, -0.15) is 5.26 Å². The van der Waals surface area contributed by atoms with Gasteiger partial charge in [0.05, 0.1) is 24.3 Å². The number of thiophene rings is 1. The Labute approximate surface area is 171 Å². The topological polar surface area (TPSA) is 111 Å². The van der Waals surface area contributed by atoms with Gasteiger partial charge in [0.25, 0.3) is 5.56 Å². The Morgan fingerprint density at radius 1 is 1.43 bits per heavy atom. The van der Waals surface area contributed by atoms with E-state index in [1.54, 1.807) is 23.0 Å². The van der Waals surface area contributed by atoms with Gasteiger partial charge in [0.15, 0.2) is 10.9 Å². The van der Waals surface area contributed by atoms with Crippen LogP contribution in [0.3, 0.4) is 0 Å². The molecule has 2 heterocycles. The standard InChI is InChI=1S/C19H22N4O3S2/c1-11(21)13(9-20)14(24)10-27-19-22-17-16(18(25)23(19)7-8-26-2)12-5-3-4-6-15(12)28-17/h3-8,10,21H2,1-2H3. The Bertz CT molecular complexity index is 1040. The zero-order valence-electron chi connectivity index (χ0n) is 15.9. The van der Waals surface area contributed by atoms with Crippen molar-refractivity contribution in [1.82, 2.24) is 9.55 Å². The third-order valence-corrected chi connectivity index (χ3v) is 6.84. The summed E-state index contributed by atoms with van der Waals surface area (Å²) in [5.74, 6) is -0.376. The van der Waals surface area contributed by atoms with E-state index in [0.29, 0.717) is 23.7 Å². The first-order chi connectivity index (χ1) is 13.5. The smallest absolute Gasteiger partial charge is 0.263 e. The fourth-order valence-electron chi connectivity index (χ4n) is 3.28.